The molecule has 1 aromatic carbocycles. The van der Waals surface area contributed by atoms with Crippen molar-refractivity contribution in [2.75, 3.05) is 58.9 Å². The molecule has 2 aromatic rings. The second-order valence-corrected chi connectivity index (χ2v) is 7.91. The van der Waals surface area contributed by atoms with Gasteiger partial charge in [0.1, 0.15) is 13.1 Å². The second kappa shape index (κ2) is 11.3. The Morgan fingerprint density at radius 1 is 1.34 bits per heavy atom. The molecule has 158 valence electrons. The number of amides is 1. The maximum absolute atomic E-state index is 13.1. The predicted molar refractivity (Wildman–Crippen MR) is 113 cm³/mol. The van der Waals surface area contributed by atoms with Gasteiger partial charge in [0.15, 0.2) is 5.16 Å². The van der Waals surface area contributed by atoms with Gasteiger partial charge >= 0.3 is 0 Å². The van der Waals surface area contributed by atoms with Crippen LogP contribution in [0.3, 0.4) is 0 Å². The zero-order valence-corrected chi connectivity index (χ0v) is 17.6. The van der Waals surface area contributed by atoms with Crippen LogP contribution in [0.15, 0.2) is 34.2 Å². The Bertz CT molecular complexity index is 867. The second-order valence-electron chi connectivity index (χ2n) is 6.97. The molecule has 2 N–H and O–H groups in total. The number of benzene rings is 1. The largest absolute Gasteiger partial charge is 0.383 e. The van der Waals surface area contributed by atoms with Gasteiger partial charge in [-0.15, -0.1) is 0 Å². The highest BCUT2D eigenvalue weighted by Gasteiger charge is 2.16. The van der Waals surface area contributed by atoms with Crippen LogP contribution in [0.2, 0.25) is 0 Å². The Balaban J connectivity index is 1.70. The molecule has 1 aliphatic heterocycles. The molecule has 29 heavy (non-hydrogen) atoms. The first-order chi connectivity index (χ1) is 14.2. The van der Waals surface area contributed by atoms with Gasteiger partial charge in [0.05, 0.1) is 43.0 Å². The Morgan fingerprint density at radius 2 is 2.14 bits per heavy atom. The molecule has 0 aliphatic carbocycles. The van der Waals surface area contributed by atoms with Crippen molar-refractivity contribution < 1.29 is 19.2 Å². The van der Waals surface area contributed by atoms with Gasteiger partial charge in [-0.05, 0) is 12.1 Å². The molecule has 9 heteroatoms. The highest BCUT2D eigenvalue weighted by atomic mass is 32.2. The van der Waals surface area contributed by atoms with Crippen LogP contribution in [0.25, 0.3) is 10.9 Å². The summed E-state index contributed by atoms with van der Waals surface area (Å²) >= 11 is 1.30. The minimum Gasteiger partial charge on any atom is -0.383 e. The summed E-state index contributed by atoms with van der Waals surface area (Å²) in [6.45, 7) is 6.13. The van der Waals surface area contributed by atoms with Gasteiger partial charge in [0.25, 0.3) is 5.56 Å². The summed E-state index contributed by atoms with van der Waals surface area (Å²) in [6.07, 6.45) is 0.878. The van der Waals surface area contributed by atoms with Crippen molar-refractivity contribution in [1.82, 2.24) is 14.9 Å². The number of thioether (sulfide) groups is 1. The van der Waals surface area contributed by atoms with E-state index in [2.05, 4.69) is 10.3 Å². The number of quaternary nitrogens is 1. The lowest BCUT2D eigenvalue weighted by Crippen LogP contribution is -3.14. The summed E-state index contributed by atoms with van der Waals surface area (Å²) in [4.78, 5) is 31.3. The van der Waals surface area contributed by atoms with E-state index in [1.165, 1.54) is 16.7 Å². The summed E-state index contributed by atoms with van der Waals surface area (Å²) in [5, 5.41) is 4.00. The first-order valence-electron chi connectivity index (χ1n) is 9.98. The summed E-state index contributed by atoms with van der Waals surface area (Å²) < 4.78 is 12.1. The van der Waals surface area contributed by atoms with Crippen molar-refractivity contribution in [3.63, 3.8) is 0 Å². The quantitative estimate of drug-likeness (QED) is 0.307. The summed E-state index contributed by atoms with van der Waals surface area (Å²) in [6, 6.07) is 7.36. The Morgan fingerprint density at radius 3 is 2.93 bits per heavy atom. The number of morpholine rings is 1. The van der Waals surface area contributed by atoms with Crippen molar-refractivity contribution in [3.8, 4) is 0 Å². The number of hydrogen-bond acceptors (Lipinski definition) is 6. The molecule has 2 heterocycles. The standard InChI is InChI=1S/C20H28N4O4S/c1-27-12-7-21-18(25)15-29-20-22-17-6-3-2-5-16(17)19(26)24(20)9-4-8-23-10-13-28-14-11-23/h2-3,5-6H,4,7-15H2,1H3,(H,21,25)/p+1. The van der Waals surface area contributed by atoms with Crippen LogP contribution >= 0.6 is 11.8 Å². The Kier molecular flexibility index (Phi) is 8.48. The first kappa shape index (κ1) is 21.8. The van der Waals surface area contributed by atoms with Gasteiger partial charge in [-0.2, -0.15) is 0 Å². The summed E-state index contributed by atoms with van der Waals surface area (Å²) in [7, 11) is 1.59. The zero-order valence-electron chi connectivity index (χ0n) is 16.8. The van der Waals surface area contributed by atoms with Crippen molar-refractivity contribution >= 4 is 28.6 Å². The molecule has 1 fully saturated rings. The molecule has 1 aromatic heterocycles. The lowest BCUT2D eigenvalue weighted by molar-refractivity contribution is -0.908. The maximum atomic E-state index is 13.1. The van der Waals surface area contributed by atoms with E-state index in [0.717, 1.165) is 39.3 Å². The van der Waals surface area contributed by atoms with Crippen molar-refractivity contribution in [2.45, 2.75) is 18.1 Å². The van der Waals surface area contributed by atoms with Gasteiger partial charge in [0.2, 0.25) is 5.91 Å². The molecule has 1 saturated heterocycles. The SMILES string of the molecule is COCCNC(=O)CSc1nc2ccccc2c(=O)n1CCC[NH+]1CCOCC1. The van der Waals surface area contributed by atoms with Crippen LogP contribution in [0.1, 0.15) is 6.42 Å². The number of hydrogen-bond donors (Lipinski definition) is 2. The van der Waals surface area contributed by atoms with Crippen LogP contribution in [0.4, 0.5) is 0 Å². The molecule has 0 spiro atoms. The fraction of sp³-hybridized carbons (Fsp3) is 0.550. The molecule has 8 nitrogen and oxygen atoms in total. The van der Waals surface area contributed by atoms with E-state index in [-0.39, 0.29) is 17.2 Å². The lowest BCUT2D eigenvalue weighted by Gasteiger charge is -2.24. The minimum absolute atomic E-state index is 0.0464. The first-order valence-corrected chi connectivity index (χ1v) is 11.0. The lowest BCUT2D eigenvalue weighted by atomic mass is 10.2. The molecule has 1 aliphatic rings. The topological polar surface area (TPSA) is 86.9 Å². The third kappa shape index (κ3) is 6.27. The zero-order chi connectivity index (χ0) is 20.5. The number of methoxy groups -OCH3 is 1. The number of nitrogens with one attached hydrogen (secondary N) is 2. The number of aromatic nitrogens is 2. The van der Waals surface area contributed by atoms with Gasteiger partial charge in [-0.1, -0.05) is 23.9 Å². The van der Waals surface area contributed by atoms with E-state index in [0.29, 0.717) is 35.8 Å². The molecule has 0 radical (unpaired) electrons. The van der Waals surface area contributed by atoms with Crippen molar-refractivity contribution in [3.05, 3.63) is 34.6 Å². The van der Waals surface area contributed by atoms with Gasteiger partial charge < -0.3 is 19.7 Å². The smallest absolute Gasteiger partial charge is 0.262 e. The molecule has 0 bridgehead atoms. The molecular weight excluding hydrogens is 392 g/mol. The number of para-hydroxylation sites is 1. The fourth-order valence-corrected chi connectivity index (χ4v) is 4.18. The van der Waals surface area contributed by atoms with Crippen LogP contribution in [0, 0.1) is 0 Å². The number of fused-ring (bicyclic) bond motifs is 1. The summed E-state index contributed by atoms with van der Waals surface area (Å²) in [5.74, 6) is 0.113. The third-order valence-electron chi connectivity index (χ3n) is 4.90. The number of rotatable bonds is 10. The van der Waals surface area contributed by atoms with E-state index in [9.17, 15) is 9.59 Å². The number of carbonyl (C=O) groups excluding carboxylic acids is 1. The molecule has 0 unspecified atom stereocenters. The molecule has 0 atom stereocenters. The minimum atomic E-state index is -0.0984. The van der Waals surface area contributed by atoms with E-state index < -0.39 is 0 Å². The molecule has 0 saturated carbocycles. The predicted octanol–water partition coefficient (Wildman–Crippen LogP) is -0.444. The summed E-state index contributed by atoms with van der Waals surface area (Å²) in [5.41, 5.74) is 0.615. The number of carbonyl (C=O) groups is 1. The molecule has 3 rings (SSSR count). The van der Waals surface area contributed by atoms with E-state index >= 15 is 0 Å². The van der Waals surface area contributed by atoms with Crippen LogP contribution in [0.5, 0.6) is 0 Å². The van der Waals surface area contributed by atoms with E-state index in [4.69, 9.17) is 9.47 Å². The highest BCUT2D eigenvalue weighted by molar-refractivity contribution is 7.99. The Hall–Kier alpha value is -1.94. The van der Waals surface area contributed by atoms with E-state index in [1.807, 2.05) is 18.2 Å². The van der Waals surface area contributed by atoms with Gasteiger partial charge in [-0.25, -0.2) is 4.98 Å². The molecular formula is C20H29N4O4S+. The average Bonchev–Trinajstić information content (AvgIpc) is 2.75. The van der Waals surface area contributed by atoms with Gasteiger partial charge in [0, 0.05) is 26.6 Å². The van der Waals surface area contributed by atoms with E-state index in [1.54, 1.807) is 17.7 Å². The molecule has 1 amide bonds. The number of ether oxygens (including phenoxy) is 2. The normalized spacial score (nSPS) is 14.9. The van der Waals surface area contributed by atoms with Crippen molar-refractivity contribution in [2.24, 2.45) is 0 Å². The van der Waals surface area contributed by atoms with Crippen LogP contribution in [-0.4, -0.2) is 74.3 Å². The monoisotopic (exact) mass is 421 g/mol. The van der Waals surface area contributed by atoms with Crippen LogP contribution < -0.4 is 15.8 Å². The fourth-order valence-electron chi connectivity index (χ4n) is 3.33. The average molecular weight is 422 g/mol. The van der Waals surface area contributed by atoms with Crippen molar-refractivity contribution in [1.29, 1.82) is 0 Å². The highest BCUT2D eigenvalue weighted by Crippen LogP contribution is 2.17. The van der Waals surface area contributed by atoms with Crippen LogP contribution in [-0.2, 0) is 20.8 Å². The van der Waals surface area contributed by atoms with Gasteiger partial charge in [-0.3, -0.25) is 14.2 Å². The maximum Gasteiger partial charge on any atom is 0.262 e. The third-order valence-corrected chi connectivity index (χ3v) is 5.88. The Labute approximate surface area is 174 Å². The number of nitrogens with zero attached hydrogens (tertiary/aromatic N) is 2.